The second-order valence-electron chi connectivity index (χ2n) is 4.64. The lowest BCUT2D eigenvalue weighted by Crippen LogP contribution is -2.47. The van der Waals surface area contributed by atoms with Gasteiger partial charge in [-0.3, -0.25) is 4.79 Å². The number of hydrogen-bond donors (Lipinski definition) is 0. The van der Waals surface area contributed by atoms with Crippen molar-refractivity contribution in [1.29, 1.82) is 0 Å². The maximum atomic E-state index is 12.1. The molecule has 0 aliphatic carbocycles. The highest BCUT2D eigenvalue weighted by atomic mass is 16.2. The van der Waals surface area contributed by atoms with Crippen molar-refractivity contribution in [3.05, 3.63) is 0 Å². The number of amides is 1. The molecular weight excluding hydrogens is 200 g/mol. The molecule has 1 heterocycles. The van der Waals surface area contributed by atoms with E-state index in [1.165, 1.54) is 0 Å². The zero-order valence-electron chi connectivity index (χ0n) is 11.8. The van der Waals surface area contributed by atoms with Crippen LogP contribution in [0.15, 0.2) is 0 Å². The SMILES string of the molecule is CC.CCC1(C(=O)N(C)C)CCN(C)CC1. The summed E-state index contributed by atoms with van der Waals surface area (Å²) in [6.45, 7) is 8.23. The fourth-order valence-corrected chi connectivity index (χ4v) is 2.24. The van der Waals surface area contributed by atoms with Gasteiger partial charge in [-0.1, -0.05) is 20.8 Å². The van der Waals surface area contributed by atoms with Crippen LogP contribution in [0.4, 0.5) is 0 Å². The minimum absolute atomic E-state index is 0.0734. The Labute approximate surface area is 101 Å². The molecule has 0 unspecified atom stereocenters. The Balaban J connectivity index is 0.00000106. The van der Waals surface area contributed by atoms with Crippen LogP contribution in [0.1, 0.15) is 40.0 Å². The predicted molar refractivity (Wildman–Crippen MR) is 69.5 cm³/mol. The molecular formula is C13H28N2O. The number of nitrogens with zero attached hydrogens (tertiary/aromatic N) is 2. The molecule has 0 N–H and O–H groups in total. The van der Waals surface area contributed by atoms with Gasteiger partial charge < -0.3 is 9.80 Å². The van der Waals surface area contributed by atoms with Crippen molar-refractivity contribution in [3.63, 3.8) is 0 Å². The van der Waals surface area contributed by atoms with Gasteiger partial charge in [0.25, 0.3) is 0 Å². The van der Waals surface area contributed by atoms with Gasteiger partial charge in [0.05, 0.1) is 5.41 Å². The van der Waals surface area contributed by atoms with Crippen molar-refractivity contribution in [3.8, 4) is 0 Å². The number of likely N-dealkylation sites (tertiary alicyclic amines) is 1. The molecule has 1 aliphatic rings. The molecule has 0 atom stereocenters. The minimum atomic E-state index is -0.0734. The van der Waals surface area contributed by atoms with Crippen molar-refractivity contribution in [2.24, 2.45) is 5.41 Å². The zero-order chi connectivity index (χ0) is 12.8. The molecule has 0 aromatic carbocycles. The van der Waals surface area contributed by atoms with Gasteiger partial charge in [0.2, 0.25) is 5.91 Å². The van der Waals surface area contributed by atoms with Gasteiger partial charge in [-0.05, 0) is 39.4 Å². The summed E-state index contributed by atoms with van der Waals surface area (Å²) >= 11 is 0. The number of hydrogen-bond acceptors (Lipinski definition) is 2. The lowest BCUT2D eigenvalue weighted by Gasteiger charge is -2.40. The second kappa shape index (κ2) is 6.89. The third-order valence-electron chi connectivity index (χ3n) is 3.48. The summed E-state index contributed by atoms with van der Waals surface area (Å²) in [4.78, 5) is 16.1. The molecule has 0 aromatic rings. The van der Waals surface area contributed by atoms with E-state index in [2.05, 4.69) is 18.9 Å². The first-order valence-electron chi connectivity index (χ1n) is 6.42. The van der Waals surface area contributed by atoms with Crippen molar-refractivity contribution < 1.29 is 4.79 Å². The van der Waals surface area contributed by atoms with Crippen molar-refractivity contribution in [1.82, 2.24) is 9.80 Å². The van der Waals surface area contributed by atoms with E-state index in [-0.39, 0.29) is 5.41 Å². The molecule has 0 bridgehead atoms. The van der Waals surface area contributed by atoms with E-state index in [9.17, 15) is 4.79 Å². The van der Waals surface area contributed by atoms with Crippen LogP contribution in [-0.2, 0) is 4.79 Å². The standard InChI is InChI=1S/C11H22N2O.C2H6/c1-5-11(10(14)12(2)3)6-8-13(4)9-7-11;1-2/h5-9H2,1-4H3;1-2H3. The fourth-order valence-electron chi connectivity index (χ4n) is 2.24. The molecule has 3 nitrogen and oxygen atoms in total. The molecule has 0 saturated carbocycles. The lowest BCUT2D eigenvalue weighted by atomic mass is 9.75. The van der Waals surface area contributed by atoms with Gasteiger partial charge in [0.15, 0.2) is 0 Å². The molecule has 16 heavy (non-hydrogen) atoms. The molecule has 3 heteroatoms. The number of carbonyl (C=O) groups excluding carboxylic acids is 1. The molecule has 1 aliphatic heterocycles. The number of piperidine rings is 1. The van der Waals surface area contributed by atoms with E-state index in [0.29, 0.717) is 5.91 Å². The first kappa shape index (κ1) is 15.4. The van der Waals surface area contributed by atoms with E-state index in [1.54, 1.807) is 4.90 Å². The van der Waals surface area contributed by atoms with Gasteiger partial charge in [0.1, 0.15) is 0 Å². The highest BCUT2D eigenvalue weighted by molar-refractivity contribution is 5.82. The maximum Gasteiger partial charge on any atom is 0.228 e. The molecule has 1 fully saturated rings. The van der Waals surface area contributed by atoms with Crippen molar-refractivity contribution in [2.75, 3.05) is 34.2 Å². The Morgan fingerprint density at radius 1 is 1.25 bits per heavy atom. The van der Waals surface area contributed by atoms with E-state index < -0.39 is 0 Å². The highest BCUT2D eigenvalue weighted by Crippen LogP contribution is 2.35. The average Bonchev–Trinajstić information content (AvgIpc) is 2.32. The van der Waals surface area contributed by atoms with Crippen molar-refractivity contribution in [2.45, 2.75) is 40.0 Å². The van der Waals surface area contributed by atoms with Crippen LogP contribution in [0.2, 0.25) is 0 Å². The number of carbonyl (C=O) groups is 1. The fraction of sp³-hybridized carbons (Fsp3) is 0.923. The highest BCUT2D eigenvalue weighted by Gasteiger charge is 2.39. The Kier molecular flexibility index (Phi) is 6.65. The molecule has 0 radical (unpaired) electrons. The monoisotopic (exact) mass is 228 g/mol. The molecule has 1 saturated heterocycles. The Morgan fingerprint density at radius 2 is 1.69 bits per heavy atom. The summed E-state index contributed by atoms with van der Waals surface area (Å²) in [7, 11) is 5.84. The molecule has 1 rings (SSSR count). The first-order valence-corrected chi connectivity index (χ1v) is 6.42. The molecule has 0 aromatic heterocycles. The minimum Gasteiger partial charge on any atom is -0.348 e. The molecule has 96 valence electrons. The summed E-state index contributed by atoms with van der Waals surface area (Å²) in [5.41, 5.74) is -0.0734. The van der Waals surface area contributed by atoms with Crippen LogP contribution in [0.5, 0.6) is 0 Å². The van der Waals surface area contributed by atoms with Crippen LogP contribution in [-0.4, -0.2) is 49.9 Å². The summed E-state index contributed by atoms with van der Waals surface area (Å²) in [6.07, 6.45) is 2.99. The van der Waals surface area contributed by atoms with Crippen LogP contribution in [0.25, 0.3) is 0 Å². The normalized spacial score (nSPS) is 19.6. The van der Waals surface area contributed by atoms with E-state index >= 15 is 0 Å². The van der Waals surface area contributed by atoms with Crippen LogP contribution in [0.3, 0.4) is 0 Å². The Bertz CT molecular complexity index is 206. The topological polar surface area (TPSA) is 23.6 Å². The van der Waals surface area contributed by atoms with Gasteiger partial charge in [-0.2, -0.15) is 0 Å². The van der Waals surface area contributed by atoms with Crippen molar-refractivity contribution >= 4 is 5.91 Å². The quantitative estimate of drug-likeness (QED) is 0.723. The Morgan fingerprint density at radius 3 is 2.00 bits per heavy atom. The van der Waals surface area contributed by atoms with Crippen LogP contribution >= 0.6 is 0 Å². The third kappa shape index (κ3) is 3.48. The predicted octanol–water partition coefficient (Wildman–Crippen LogP) is 2.22. The van der Waals surface area contributed by atoms with Gasteiger partial charge >= 0.3 is 0 Å². The first-order chi connectivity index (χ1) is 7.52. The third-order valence-corrected chi connectivity index (χ3v) is 3.48. The Hall–Kier alpha value is -0.570. The molecule has 1 amide bonds. The smallest absolute Gasteiger partial charge is 0.228 e. The van der Waals surface area contributed by atoms with Crippen LogP contribution in [0, 0.1) is 5.41 Å². The van der Waals surface area contributed by atoms with Crippen LogP contribution < -0.4 is 0 Å². The lowest BCUT2D eigenvalue weighted by molar-refractivity contribution is -0.142. The largest absolute Gasteiger partial charge is 0.348 e. The van der Waals surface area contributed by atoms with E-state index in [0.717, 1.165) is 32.4 Å². The van der Waals surface area contributed by atoms with E-state index in [1.807, 2.05) is 27.9 Å². The summed E-state index contributed by atoms with van der Waals surface area (Å²) < 4.78 is 0. The summed E-state index contributed by atoms with van der Waals surface area (Å²) in [5.74, 6) is 0.313. The maximum absolute atomic E-state index is 12.1. The second-order valence-corrected chi connectivity index (χ2v) is 4.64. The zero-order valence-corrected chi connectivity index (χ0v) is 11.8. The average molecular weight is 228 g/mol. The summed E-state index contributed by atoms with van der Waals surface area (Å²) in [6, 6.07) is 0. The van der Waals surface area contributed by atoms with E-state index in [4.69, 9.17) is 0 Å². The molecule has 0 spiro atoms. The van der Waals surface area contributed by atoms with Gasteiger partial charge in [-0.15, -0.1) is 0 Å². The number of rotatable bonds is 2. The van der Waals surface area contributed by atoms with Gasteiger partial charge in [-0.25, -0.2) is 0 Å². The van der Waals surface area contributed by atoms with Gasteiger partial charge in [0, 0.05) is 14.1 Å². The summed E-state index contributed by atoms with van der Waals surface area (Å²) in [5, 5.41) is 0.